The van der Waals surface area contributed by atoms with Crippen molar-refractivity contribution in [3.8, 4) is 11.1 Å². The minimum atomic E-state index is -4.48. The molecule has 15 heteroatoms. The molecular formula is C34H32Cl2N3O7S3-. The fourth-order valence-corrected chi connectivity index (χ4v) is 8.04. The Bertz CT molecular complexity index is 2330. The number of halogens is 2. The number of aromatic nitrogens is 1. The maximum absolute atomic E-state index is 11.7. The Kier molecular flexibility index (Phi) is 10.2. The predicted octanol–water partition coefficient (Wildman–Crippen LogP) is 7.37. The van der Waals surface area contributed by atoms with E-state index in [9.17, 15) is 25.9 Å². The first-order valence-corrected chi connectivity index (χ1v) is 20.2. The molecule has 0 fully saturated rings. The Hall–Kier alpha value is -3.43. The Labute approximate surface area is 299 Å². The quantitative estimate of drug-likeness (QED) is 0.0943. The van der Waals surface area contributed by atoms with Crippen molar-refractivity contribution in [2.75, 3.05) is 28.6 Å². The van der Waals surface area contributed by atoms with Gasteiger partial charge in [-0.25, -0.2) is 16.8 Å². The molecular weight excluding hydrogens is 729 g/mol. The molecule has 3 aromatic carbocycles. The van der Waals surface area contributed by atoms with Gasteiger partial charge in [0.2, 0.25) is 5.58 Å². The number of hydrogen-bond acceptors (Lipinski definition) is 10. The lowest BCUT2D eigenvalue weighted by Crippen LogP contribution is -2.36. The monoisotopic (exact) mass is 760 g/mol. The molecule has 6 rings (SSSR count). The molecule has 5 aromatic rings. The fourth-order valence-electron chi connectivity index (χ4n) is 6.04. The number of nitrogens with zero attached hydrogens (tertiary/aromatic N) is 3. The largest absolute Gasteiger partial charge is 0.748 e. The first kappa shape index (κ1) is 35.4. The maximum atomic E-state index is 11.7. The van der Waals surface area contributed by atoms with Gasteiger partial charge >= 0.3 is 5.89 Å². The van der Waals surface area contributed by atoms with Crippen molar-refractivity contribution in [2.24, 2.45) is 0 Å². The zero-order valence-electron chi connectivity index (χ0n) is 26.5. The molecule has 0 aliphatic carbocycles. The minimum Gasteiger partial charge on any atom is -0.748 e. The van der Waals surface area contributed by atoms with Gasteiger partial charge in [0.1, 0.15) is 5.82 Å². The Balaban J connectivity index is 1.40. The summed E-state index contributed by atoms with van der Waals surface area (Å²) < 4.78 is 78.7. The van der Waals surface area contributed by atoms with Crippen LogP contribution < -0.4 is 14.4 Å². The molecule has 1 aliphatic heterocycles. The summed E-state index contributed by atoms with van der Waals surface area (Å²) in [4.78, 5) is 3.90. The van der Waals surface area contributed by atoms with Gasteiger partial charge in [0.25, 0.3) is 5.52 Å². The lowest BCUT2D eigenvalue weighted by Gasteiger charge is -2.26. The lowest BCUT2D eigenvalue weighted by molar-refractivity contribution is -0.677. The molecule has 1 aliphatic rings. The smallest absolute Gasteiger partial charge is 0.374 e. The predicted molar refractivity (Wildman–Crippen MR) is 194 cm³/mol. The first-order valence-electron chi connectivity index (χ1n) is 15.5. The topological polar surface area (TPSA) is 138 Å². The Morgan fingerprint density at radius 1 is 1.00 bits per heavy atom. The van der Waals surface area contributed by atoms with Crippen LogP contribution in [-0.4, -0.2) is 50.0 Å². The molecule has 0 spiro atoms. The van der Waals surface area contributed by atoms with E-state index in [0.717, 1.165) is 38.1 Å². The zero-order valence-corrected chi connectivity index (χ0v) is 30.5. The number of thiophene rings is 1. The van der Waals surface area contributed by atoms with Gasteiger partial charge in [-0.1, -0.05) is 41.4 Å². The fraction of sp³-hybridized carbons (Fsp3) is 0.265. The molecule has 49 heavy (non-hydrogen) atoms. The first-order chi connectivity index (χ1) is 23.2. The van der Waals surface area contributed by atoms with Gasteiger partial charge in [0.15, 0.2) is 6.54 Å². The molecule has 10 nitrogen and oxygen atoms in total. The second-order valence-corrected chi connectivity index (χ2v) is 16.7. The van der Waals surface area contributed by atoms with Gasteiger partial charge < -0.3 is 23.3 Å². The van der Waals surface area contributed by atoms with Crippen molar-refractivity contribution in [3.63, 3.8) is 0 Å². The van der Waals surface area contributed by atoms with Gasteiger partial charge in [-0.05, 0) is 79.3 Å². The lowest BCUT2D eigenvalue weighted by atomic mass is 10.0. The minimum absolute atomic E-state index is 0.0811. The SMILES string of the molecule is CCN1/C(=C\C=C\c2oc3ccc(-c4cccc5sccc45)cc3[n+]2CCCS(=O)(=O)[O-])N(CCC(C)S(=O)(=O)[O-])c2cc(Cl)c(Cl)cc21. The third-order valence-electron chi connectivity index (χ3n) is 8.52. The van der Waals surface area contributed by atoms with E-state index in [1.165, 1.54) is 6.92 Å². The van der Waals surface area contributed by atoms with Crippen LogP contribution in [0.25, 0.3) is 38.4 Å². The van der Waals surface area contributed by atoms with E-state index < -0.39 is 31.2 Å². The van der Waals surface area contributed by atoms with Crippen LogP contribution >= 0.6 is 34.5 Å². The molecule has 0 N–H and O–H groups in total. The summed E-state index contributed by atoms with van der Waals surface area (Å²) in [6.07, 6.45) is 5.53. The van der Waals surface area contributed by atoms with Gasteiger partial charge in [-0.3, -0.25) is 0 Å². The molecule has 0 saturated heterocycles. The molecule has 1 unspecified atom stereocenters. The molecule has 2 aromatic heterocycles. The number of hydrogen-bond donors (Lipinski definition) is 0. The van der Waals surface area contributed by atoms with Crippen molar-refractivity contribution in [3.05, 3.63) is 93.9 Å². The van der Waals surface area contributed by atoms with E-state index in [-0.39, 0.29) is 25.9 Å². The normalized spacial score (nSPS) is 15.3. The molecule has 1 atom stereocenters. The number of fused-ring (bicyclic) bond motifs is 3. The van der Waals surface area contributed by atoms with E-state index in [1.54, 1.807) is 35.6 Å². The summed E-state index contributed by atoms with van der Waals surface area (Å²) in [5, 5.41) is 2.77. The highest BCUT2D eigenvalue weighted by atomic mass is 35.5. The standard InChI is InChI=1S/C34H33Cl2N3O7S3/c1-3-37-28-20-26(35)27(36)21-29(28)38(16-13-22(2)49(43,44)45)33(37)9-5-10-34-39(15-6-18-48(40,41)42)30-19-23(11-12-31(30)46-34)24-7-4-8-32-25(24)14-17-47-32/h4-5,7-12,14,17,19-22H,3,6,13,15-16,18H2,1-2H3,(H-,40,41,42,43,44,45)/p-1. The summed E-state index contributed by atoms with van der Waals surface area (Å²) in [5.41, 5.74) is 4.84. The van der Waals surface area contributed by atoms with Crippen LogP contribution in [0.1, 0.15) is 32.6 Å². The maximum Gasteiger partial charge on any atom is 0.374 e. The van der Waals surface area contributed by atoms with E-state index in [2.05, 4.69) is 18.2 Å². The molecule has 0 radical (unpaired) electrons. The van der Waals surface area contributed by atoms with Crippen LogP contribution in [0.4, 0.5) is 11.4 Å². The summed E-state index contributed by atoms with van der Waals surface area (Å²) in [6, 6.07) is 17.5. The Morgan fingerprint density at radius 2 is 1.73 bits per heavy atom. The number of rotatable bonds is 12. The number of allylic oxidation sites excluding steroid dienone is 2. The average Bonchev–Trinajstić information content (AvgIpc) is 3.73. The average molecular weight is 762 g/mol. The van der Waals surface area contributed by atoms with Crippen molar-refractivity contribution in [2.45, 2.75) is 38.5 Å². The van der Waals surface area contributed by atoms with E-state index in [1.807, 2.05) is 57.0 Å². The second kappa shape index (κ2) is 14.1. The summed E-state index contributed by atoms with van der Waals surface area (Å²) in [6.45, 7) is 4.33. The van der Waals surface area contributed by atoms with Crippen molar-refractivity contribution >= 4 is 93.4 Å². The summed E-state index contributed by atoms with van der Waals surface area (Å²) in [5.74, 6) is 0.617. The van der Waals surface area contributed by atoms with E-state index in [4.69, 9.17) is 27.6 Å². The van der Waals surface area contributed by atoms with Crippen LogP contribution in [0.5, 0.6) is 0 Å². The van der Waals surface area contributed by atoms with Gasteiger partial charge in [-0.2, -0.15) is 4.57 Å². The number of anilines is 2. The highest BCUT2D eigenvalue weighted by Crippen LogP contribution is 2.45. The van der Waals surface area contributed by atoms with Gasteiger partial charge in [0, 0.05) is 46.7 Å². The molecule has 3 heterocycles. The molecule has 0 saturated carbocycles. The molecule has 0 amide bonds. The van der Waals surface area contributed by atoms with Crippen LogP contribution in [0.2, 0.25) is 10.0 Å². The third-order valence-corrected chi connectivity index (χ3v) is 12.1. The highest BCUT2D eigenvalue weighted by Gasteiger charge is 2.32. The number of oxazole rings is 1. The number of benzene rings is 3. The second-order valence-electron chi connectivity index (χ2n) is 11.7. The third kappa shape index (κ3) is 7.53. The van der Waals surface area contributed by atoms with Crippen LogP contribution in [0.3, 0.4) is 0 Å². The van der Waals surface area contributed by atoms with Crippen molar-refractivity contribution in [1.82, 2.24) is 0 Å². The molecule has 0 bridgehead atoms. The van der Waals surface area contributed by atoms with Crippen molar-refractivity contribution < 1.29 is 34.9 Å². The number of aryl methyl sites for hydroxylation is 1. The molecule has 258 valence electrons. The van der Waals surface area contributed by atoms with Gasteiger partial charge in [-0.15, -0.1) is 11.3 Å². The van der Waals surface area contributed by atoms with Crippen LogP contribution in [0, 0.1) is 0 Å². The van der Waals surface area contributed by atoms with Gasteiger partial charge in [0.05, 0.1) is 47.7 Å². The van der Waals surface area contributed by atoms with E-state index >= 15 is 0 Å². The van der Waals surface area contributed by atoms with Crippen LogP contribution in [0.15, 0.2) is 82.4 Å². The highest BCUT2D eigenvalue weighted by molar-refractivity contribution is 7.86. The van der Waals surface area contributed by atoms with E-state index in [0.29, 0.717) is 33.9 Å². The van der Waals surface area contributed by atoms with Crippen molar-refractivity contribution in [1.29, 1.82) is 0 Å². The Morgan fingerprint density at radius 3 is 2.43 bits per heavy atom. The summed E-state index contributed by atoms with van der Waals surface area (Å²) >= 11 is 14.4. The zero-order chi connectivity index (χ0) is 35.1. The summed E-state index contributed by atoms with van der Waals surface area (Å²) in [7, 11) is -8.90. The van der Waals surface area contributed by atoms with Crippen LogP contribution in [-0.2, 0) is 26.8 Å².